The number of nitrogens with zero attached hydrogens (tertiary/aromatic N) is 6. The molecule has 4 unspecified atom stereocenters. The number of ether oxygens (including phenoxy) is 1. The van der Waals surface area contributed by atoms with Gasteiger partial charge in [-0.05, 0) is 13.3 Å². The zero-order valence-electron chi connectivity index (χ0n) is 17.5. The Morgan fingerprint density at radius 1 is 1.28 bits per heavy atom. The summed E-state index contributed by atoms with van der Waals surface area (Å²) in [5.41, 5.74) is 6.93. The number of aromatic nitrogens is 6. The van der Waals surface area contributed by atoms with Crippen LogP contribution >= 0.6 is 0 Å². The number of hydrogen-bond acceptors (Lipinski definition) is 10. The van der Waals surface area contributed by atoms with Gasteiger partial charge < -0.3 is 30.6 Å². The van der Waals surface area contributed by atoms with E-state index in [2.05, 4.69) is 25.4 Å². The van der Waals surface area contributed by atoms with E-state index in [9.17, 15) is 19.8 Å². The van der Waals surface area contributed by atoms with Crippen LogP contribution in [0.2, 0.25) is 0 Å². The van der Waals surface area contributed by atoms with E-state index in [4.69, 9.17) is 10.5 Å². The molecule has 3 heterocycles. The summed E-state index contributed by atoms with van der Waals surface area (Å²) in [6.07, 6.45) is 2.44. The quantitative estimate of drug-likeness (QED) is 0.356. The van der Waals surface area contributed by atoms with Crippen molar-refractivity contribution in [1.82, 2.24) is 34.6 Å². The molecular weight excluding hydrogens is 420 g/mol. The van der Waals surface area contributed by atoms with Crippen LogP contribution in [0, 0.1) is 0 Å². The van der Waals surface area contributed by atoms with E-state index >= 15 is 0 Å². The van der Waals surface area contributed by atoms with Gasteiger partial charge in [-0.15, -0.1) is 0 Å². The number of carbonyl (C=O) groups excluding carboxylic acids is 2. The maximum Gasteiger partial charge on any atom is 0.341 e. The van der Waals surface area contributed by atoms with Gasteiger partial charge in [-0.3, -0.25) is 4.79 Å². The molecule has 1 amide bonds. The molecule has 170 valence electrons. The lowest BCUT2D eigenvalue weighted by molar-refractivity contribution is -0.122. The van der Waals surface area contributed by atoms with Crippen molar-refractivity contribution in [3.05, 3.63) is 24.3 Å². The lowest BCUT2D eigenvalue weighted by Crippen LogP contribution is -2.42. The number of fused-ring (bicyclic) bond motifs is 1. The van der Waals surface area contributed by atoms with Crippen LogP contribution in [0.5, 0.6) is 0 Å². The van der Waals surface area contributed by atoms with Crippen molar-refractivity contribution in [2.45, 2.75) is 51.0 Å². The molecule has 32 heavy (non-hydrogen) atoms. The molecular formula is C19H24N8O5. The first-order valence-electron chi connectivity index (χ1n) is 10.2. The number of nitrogen functional groups attached to an aromatic ring is 1. The third kappa shape index (κ3) is 3.76. The number of amides is 1. The summed E-state index contributed by atoms with van der Waals surface area (Å²) in [6.45, 7) is 3.64. The summed E-state index contributed by atoms with van der Waals surface area (Å²) < 4.78 is 7.84. The molecule has 0 bridgehead atoms. The third-order valence-electron chi connectivity index (χ3n) is 5.41. The monoisotopic (exact) mass is 444 g/mol. The van der Waals surface area contributed by atoms with Crippen LogP contribution in [0.1, 0.15) is 43.1 Å². The normalized spacial score (nSPS) is 22.9. The molecule has 13 nitrogen and oxygen atoms in total. The minimum Gasteiger partial charge on any atom is -0.462 e. The Morgan fingerprint density at radius 3 is 2.78 bits per heavy atom. The van der Waals surface area contributed by atoms with Gasteiger partial charge in [0.1, 0.15) is 17.7 Å². The second-order valence-electron chi connectivity index (χ2n) is 7.44. The highest BCUT2D eigenvalue weighted by molar-refractivity contribution is 5.89. The van der Waals surface area contributed by atoms with Crippen LogP contribution in [0.3, 0.4) is 0 Å². The molecule has 0 aromatic carbocycles. The number of esters is 1. The summed E-state index contributed by atoms with van der Waals surface area (Å²) >= 11 is 0. The summed E-state index contributed by atoms with van der Waals surface area (Å²) in [7, 11) is 0. The van der Waals surface area contributed by atoms with E-state index < -0.39 is 30.3 Å². The van der Waals surface area contributed by atoms with Gasteiger partial charge in [-0.2, -0.15) is 15.1 Å². The Hall–Kier alpha value is -3.58. The highest BCUT2D eigenvalue weighted by Crippen LogP contribution is 2.34. The topological polar surface area (TPSA) is 183 Å². The molecule has 4 atom stereocenters. The molecule has 0 saturated heterocycles. The minimum absolute atomic E-state index is 0.0841. The Balaban J connectivity index is 1.68. The predicted molar refractivity (Wildman–Crippen MR) is 111 cm³/mol. The van der Waals surface area contributed by atoms with Gasteiger partial charge in [0.2, 0.25) is 5.91 Å². The average Bonchev–Trinajstić information content (AvgIpc) is 3.48. The SMILES string of the molecule is CCOC(=O)c1cnn(-c2nc(N)c3ncn(C4CC(NC(=O)CC)C(O)C4O)c3n2)c1. The number of nitrogens with one attached hydrogen (secondary N) is 1. The number of carbonyl (C=O) groups is 2. The highest BCUT2D eigenvalue weighted by Gasteiger charge is 2.43. The van der Waals surface area contributed by atoms with Crippen LogP contribution in [0.25, 0.3) is 17.1 Å². The number of hydrogen-bond donors (Lipinski definition) is 4. The van der Waals surface area contributed by atoms with Gasteiger partial charge in [-0.1, -0.05) is 6.92 Å². The van der Waals surface area contributed by atoms with Gasteiger partial charge in [0, 0.05) is 12.6 Å². The first-order valence-corrected chi connectivity index (χ1v) is 10.2. The molecule has 13 heteroatoms. The van der Waals surface area contributed by atoms with E-state index in [1.807, 2.05) is 0 Å². The van der Waals surface area contributed by atoms with Crippen molar-refractivity contribution in [3.63, 3.8) is 0 Å². The summed E-state index contributed by atoms with van der Waals surface area (Å²) in [5, 5.41) is 27.9. The Bertz CT molecular complexity index is 1160. The fourth-order valence-electron chi connectivity index (χ4n) is 3.76. The van der Waals surface area contributed by atoms with Gasteiger partial charge in [0.15, 0.2) is 11.5 Å². The molecule has 1 saturated carbocycles. The molecule has 0 aliphatic heterocycles. The molecule has 3 aromatic rings. The van der Waals surface area contributed by atoms with Crippen LogP contribution in [-0.2, 0) is 9.53 Å². The van der Waals surface area contributed by atoms with Crippen LogP contribution < -0.4 is 11.1 Å². The molecule has 4 rings (SSSR count). The molecule has 3 aromatic heterocycles. The zero-order chi connectivity index (χ0) is 23.0. The van der Waals surface area contributed by atoms with Crippen molar-refractivity contribution in [1.29, 1.82) is 0 Å². The molecule has 0 spiro atoms. The standard InChI is InChI=1S/C19H24N8O5/c1-3-12(28)23-10-5-11(15(30)14(10)29)26-8-21-13-16(20)24-19(25-17(13)26)27-7-9(6-22-27)18(31)32-4-2/h6-8,10-11,14-15,29-30H,3-5H2,1-2H3,(H,23,28)(H2,20,24,25). The first-order chi connectivity index (χ1) is 15.3. The number of aliphatic hydroxyl groups is 2. The Labute approximate surface area is 182 Å². The predicted octanol–water partition coefficient (Wildman–Crippen LogP) is -0.668. The molecule has 5 N–H and O–H groups in total. The van der Waals surface area contributed by atoms with Crippen LogP contribution in [-0.4, -0.2) is 76.2 Å². The number of nitrogens with two attached hydrogens (primary N) is 1. The maximum absolute atomic E-state index is 11.9. The van der Waals surface area contributed by atoms with E-state index in [0.29, 0.717) is 11.2 Å². The number of aliphatic hydroxyl groups excluding tert-OH is 2. The van der Waals surface area contributed by atoms with Gasteiger partial charge in [0.05, 0.1) is 36.8 Å². The summed E-state index contributed by atoms with van der Waals surface area (Å²) in [5.74, 6) is -0.569. The smallest absolute Gasteiger partial charge is 0.341 e. The summed E-state index contributed by atoms with van der Waals surface area (Å²) in [4.78, 5) is 36.6. The zero-order valence-corrected chi connectivity index (χ0v) is 17.5. The van der Waals surface area contributed by atoms with Crippen LogP contribution in [0.4, 0.5) is 5.82 Å². The maximum atomic E-state index is 11.9. The van der Waals surface area contributed by atoms with Crippen molar-refractivity contribution in [2.75, 3.05) is 12.3 Å². The largest absolute Gasteiger partial charge is 0.462 e. The van der Waals surface area contributed by atoms with E-state index in [-0.39, 0.29) is 42.7 Å². The van der Waals surface area contributed by atoms with Crippen molar-refractivity contribution in [3.8, 4) is 5.95 Å². The first kappa shape index (κ1) is 21.6. The minimum atomic E-state index is -1.16. The highest BCUT2D eigenvalue weighted by atomic mass is 16.5. The van der Waals surface area contributed by atoms with E-state index in [0.717, 1.165) is 0 Å². The lowest BCUT2D eigenvalue weighted by Gasteiger charge is -2.18. The fourth-order valence-corrected chi connectivity index (χ4v) is 3.76. The molecule has 1 aliphatic carbocycles. The molecule has 1 fully saturated rings. The van der Waals surface area contributed by atoms with Gasteiger partial charge >= 0.3 is 5.97 Å². The second kappa shape index (κ2) is 8.51. The van der Waals surface area contributed by atoms with Gasteiger partial charge in [0.25, 0.3) is 5.95 Å². The number of rotatable bonds is 6. The van der Waals surface area contributed by atoms with Crippen LogP contribution in [0.15, 0.2) is 18.7 Å². The second-order valence-corrected chi connectivity index (χ2v) is 7.44. The fraction of sp³-hybridized carbons (Fsp3) is 0.474. The molecule has 0 radical (unpaired) electrons. The number of imidazole rings is 1. The molecule has 1 aliphatic rings. The van der Waals surface area contributed by atoms with Crippen molar-refractivity contribution in [2.24, 2.45) is 0 Å². The van der Waals surface area contributed by atoms with Crippen molar-refractivity contribution >= 4 is 28.9 Å². The average molecular weight is 444 g/mol. The summed E-state index contributed by atoms with van der Waals surface area (Å²) in [6, 6.07) is -1.22. The van der Waals surface area contributed by atoms with Crippen molar-refractivity contribution < 1.29 is 24.5 Å². The van der Waals surface area contributed by atoms with E-state index in [1.54, 1.807) is 18.4 Å². The van der Waals surface area contributed by atoms with Gasteiger partial charge in [-0.25, -0.2) is 14.5 Å². The Kier molecular flexibility index (Phi) is 5.76. The van der Waals surface area contributed by atoms with E-state index in [1.165, 1.54) is 23.4 Å². The Morgan fingerprint density at radius 2 is 2.06 bits per heavy atom. The lowest BCUT2D eigenvalue weighted by atomic mass is 10.2. The third-order valence-corrected chi connectivity index (χ3v) is 5.41. The number of anilines is 1.